The van der Waals surface area contributed by atoms with Crippen LogP contribution >= 0.6 is 0 Å². The van der Waals surface area contributed by atoms with Gasteiger partial charge in [0.25, 0.3) is 0 Å². The second-order valence-corrected chi connectivity index (χ2v) is 12.2. The van der Waals surface area contributed by atoms with Crippen molar-refractivity contribution in [3.63, 3.8) is 0 Å². The van der Waals surface area contributed by atoms with Gasteiger partial charge in [-0.2, -0.15) is 0 Å². The number of carbonyl (C=O) groups is 1. The summed E-state index contributed by atoms with van der Waals surface area (Å²) in [5.74, 6) is -3.92. The Labute approximate surface area is 298 Å². The minimum atomic E-state index is -1.94. The van der Waals surface area contributed by atoms with E-state index in [1.54, 1.807) is 0 Å². The highest BCUT2D eigenvalue weighted by atomic mass is 16.8. The van der Waals surface area contributed by atoms with Crippen molar-refractivity contribution in [1.29, 1.82) is 0 Å². The van der Waals surface area contributed by atoms with Gasteiger partial charge in [0.05, 0.1) is 12.2 Å². The first-order chi connectivity index (χ1) is 25.2. The molecule has 0 saturated carbocycles. The summed E-state index contributed by atoms with van der Waals surface area (Å²) >= 11 is 0. The van der Waals surface area contributed by atoms with Crippen LogP contribution in [0.1, 0.15) is 5.56 Å². The number of hydrogen-bond donors (Lipinski definition) is 10. The number of benzene rings is 3. The number of aliphatic hydroxyl groups is 5. The fourth-order valence-corrected chi connectivity index (χ4v) is 5.61. The van der Waals surface area contributed by atoms with Crippen LogP contribution in [0, 0.1) is 0 Å². The topological polar surface area (TPSA) is 296 Å². The van der Waals surface area contributed by atoms with Crippen LogP contribution in [-0.2, 0) is 23.7 Å². The van der Waals surface area contributed by atoms with Gasteiger partial charge in [-0.3, -0.25) is 4.79 Å². The number of phenols is 5. The summed E-state index contributed by atoms with van der Waals surface area (Å²) in [5, 5.41) is 103. The quantitative estimate of drug-likeness (QED) is 0.0606. The number of aromatic hydroxyl groups is 5. The highest BCUT2D eigenvalue weighted by molar-refractivity contribution is 5.87. The number of aliphatic hydroxyl groups excluding tert-OH is 5. The molecule has 2 fully saturated rings. The van der Waals surface area contributed by atoms with E-state index in [1.807, 2.05) is 0 Å². The molecular weight excluding hydrogens is 708 g/mol. The predicted octanol–water partition coefficient (Wildman–Crippen LogP) is -0.154. The molecule has 0 spiro atoms. The van der Waals surface area contributed by atoms with Gasteiger partial charge in [-0.1, -0.05) is 6.07 Å². The molecule has 2 aromatic carbocycles. The highest BCUT2D eigenvalue weighted by Crippen LogP contribution is 2.43. The fraction of sp³-hybridized carbons (Fsp3) is 0.314. The summed E-state index contributed by atoms with van der Waals surface area (Å²) in [7, 11) is 0. The number of hydrogen-bond acceptors (Lipinski definition) is 18. The number of rotatable bonds is 9. The van der Waals surface area contributed by atoms with Crippen LogP contribution in [0.4, 0.5) is 0 Å². The molecule has 10 N–H and O–H groups in total. The molecule has 1 aliphatic carbocycles. The Balaban J connectivity index is 1.33. The molecule has 18 nitrogen and oxygen atoms in total. The molecule has 2 saturated heterocycles. The van der Waals surface area contributed by atoms with Crippen molar-refractivity contribution >= 4 is 12.0 Å². The van der Waals surface area contributed by atoms with Crippen molar-refractivity contribution in [3.05, 3.63) is 76.5 Å². The average molecular weight is 743 g/mol. The molecule has 0 aromatic heterocycles. The zero-order chi connectivity index (χ0) is 38.1. The highest BCUT2D eigenvalue weighted by Gasteiger charge is 2.50. The van der Waals surface area contributed by atoms with Crippen LogP contribution in [0.5, 0.6) is 34.5 Å². The zero-order valence-corrected chi connectivity index (χ0v) is 27.2. The number of phenolic OH excluding ortho intramolecular Hbond substituents is 5. The van der Waals surface area contributed by atoms with E-state index < -0.39 is 103 Å². The molecule has 0 amide bonds. The molecule has 53 heavy (non-hydrogen) atoms. The van der Waals surface area contributed by atoms with Gasteiger partial charge in [-0.05, 0) is 48.0 Å². The van der Waals surface area contributed by atoms with Crippen LogP contribution in [0.15, 0.2) is 69.9 Å². The number of esters is 1. The molecular formula is C35H34O18. The Morgan fingerprint density at radius 3 is 2.21 bits per heavy atom. The zero-order valence-electron chi connectivity index (χ0n) is 27.2. The van der Waals surface area contributed by atoms with Crippen molar-refractivity contribution in [2.75, 3.05) is 13.2 Å². The van der Waals surface area contributed by atoms with Crippen molar-refractivity contribution in [3.8, 4) is 57.1 Å². The smallest absolute Gasteiger partial charge is 0.330 e. The fourth-order valence-electron chi connectivity index (χ4n) is 5.61. The van der Waals surface area contributed by atoms with Gasteiger partial charge >= 0.3 is 5.97 Å². The molecule has 0 radical (unpaired) electrons. The minimum absolute atomic E-state index is 0.0393. The van der Waals surface area contributed by atoms with Gasteiger partial charge in [0, 0.05) is 23.8 Å². The number of carbonyl (C=O) groups excluding carboxylic acids is 1. The molecule has 0 unspecified atom stereocenters. The minimum Gasteiger partial charge on any atom is -0.507 e. The molecule has 9 atom stereocenters. The third-order valence-electron chi connectivity index (χ3n) is 8.48. The van der Waals surface area contributed by atoms with E-state index in [0.717, 1.165) is 30.3 Å². The lowest BCUT2D eigenvalue weighted by Gasteiger charge is -2.44. The lowest BCUT2D eigenvalue weighted by molar-refractivity contribution is -0.345. The molecule has 282 valence electrons. The largest absolute Gasteiger partial charge is 0.507 e. The first-order valence-electron chi connectivity index (χ1n) is 15.9. The molecule has 0 bridgehead atoms. The first kappa shape index (κ1) is 37.3. The molecule has 3 aliphatic heterocycles. The summed E-state index contributed by atoms with van der Waals surface area (Å²) in [6.45, 7) is -1.17. The van der Waals surface area contributed by atoms with Crippen molar-refractivity contribution in [2.45, 2.75) is 55.3 Å². The van der Waals surface area contributed by atoms with Crippen LogP contribution in [0.2, 0.25) is 0 Å². The van der Waals surface area contributed by atoms with Gasteiger partial charge in [-0.15, -0.1) is 0 Å². The average Bonchev–Trinajstić information content (AvgIpc) is 3.12. The Hall–Kier alpha value is -5.44. The summed E-state index contributed by atoms with van der Waals surface area (Å²) in [6.07, 6.45) is -13.4. The molecule has 6 rings (SSSR count). The first-order valence-corrected chi connectivity index (χ1v) is 15.9. The Kier molecular flexibility index (Phi) is 10.8. The summed E-state index contributed by atoms with van der Waals surface area (Å²) in [4.78, 5) is 24.7. The van der Waals surface area contributed by atoms with Gasteiger partial charge in [0.2, 0.25) is 6.29 Å². The monoisotopic (exact) mass is 742 g/mol. The van der Waals surface area contributed by atoms with E-state index in [4.69, 9.17) is 28.1 Å². The Morgan fingerprint density at radius 1 is 0.774 bits per heavy atom. The van der Waals surface area contributed by atoms with E-state index in [0.29, 0.717) is 5.56 Å². The molecule has 2 aromatic rings. The number of fused-ring (bicyclic) bond motifs is 1. The molecule has 18 heteroatoms. The summed E-state index contributed by atoms with van der Waals surface area (Å²) in [5.41, 5.74) is -0.248. The van der Waals surface area contributed by atoms with E-state index in [2.05, 4.69) is 0 Å². The van der Waals surface area contributed by atoms with Crippen LogP contribution in [-0.4, -0.2) is 126 Å². The SMILES string of the molecule is O=C(C=Cc1ccc(O)c(O)c1)OC[C@H]1O[C@@H](Oc2cc3c(O)cc(=O)cc-3oc2-c2ccc(O)c(O)c2)[C@H](O[C@@H]2OC[C@@H](O)[C@H](O)[C@H]2O)[C@@H](O)[C@H]1O. The van der Waals surface area contributed by atoms with Crippen LogP contribution in [0.25, 0.3) is 28.7 Å². The Bertz CT molecular complexity index is 2010. The maximum Gasteiger partial charge on any atom is 0.330 e. The lowest BCUT2D eigenvalue weighted by Crippen LogP contribution is -2.64. The van der Waals surface area contributed by atoms with E-state index in [-0.39, 0.29) is 34.1 Å². The van der Waals surface area contributed by atoms with Crippen molar-refractivity contribution in [1.82, 2.24) is 0 Å². The molecule has 4 aliphatic rings. The van der Waals surface area contributed by atoms with Gasteiger partial charge in [0.1, 0.15) is 54.7 Å². The maximum absolute atomic E-state index is 12.6. The third kappa shape index (κ3) is 7.99. The Morgan fingerprint density at radius 2 is 1.49 bits per heavy atom. The van der Waals surface area contributed by atoms with Crippen molar-refractivity contribution < 1.29 is 84.0 Å². The summed E-state index contributed by atoms with van der Waals surface area (Å²) < 4.78 is 34.3. The van der Waals surface area contributed by atoms with Gasteiger partial charge < -0.3 is 79.2 Å². The predicted molar refractivity (Wildman–Crippen MR) is 176 cm³/mol. The van der Waals surface area contributed by atoms with Crippen LogP contribution in [0.3, 0.4) is 0 Å². The standard InChI is InChI=1S/C35H34O18/c36-16-9-20(39)17-11-25(32(50-24(17)10-16)15-3-5-19(38)22(41)8-15)51-35-33(53-34-31(47)28(44)23(42)12-49-34)30(46)29(45)26(52-35)13-48-27(43)6-2-14-1-4-18(37)21(40)7-14/h1-11,23,26,28-31,33-35,37-42,44-47H,12-13H2/t23-,26-,28+,29+,30+,31-,33-,34+,35-/m1/s1. The van der Waals surface area contributed by atoms with Crippen molar-refractivity contribution in [2.24, 2.45) is 0 Å². The normalized spacial score (nSPS) is 27.5. The molecule has 3 heterocycles. The maximum atomic E-state index is 12.6. The lowest BCUT2D eigenvalue weighted by atomic mass is 9.98. The van der Waals surface area contributed by atoms with Gasteiger partial charge in [0.15, 0.2) is 52.3 Å². The van der Waals surface area contributed by atoms with Gasteiger partial charge in [-0.25, -0.2) is 4.79 Å². The van der Waals surface area contributed by atoms with E-state index in [1.165, 1.54) is 36.4 Å². The third-order valence-corrected chi connectivity index (χ3v) is 8.48. The van der Waals surface area contributed by atoms with E-state index >= 15 is 0 Å². The van der Waals surface area contributed by atoms with E-state index in [9.17, 15) is 60.7 Å². The second-order valence-electron chi connectivity index (χ2n) is 12.2. The number of ether oxygens (including phenoxy) is 5. The summed E-state index contributed by atoms with van der Waals surface area (Å²) in [6, 6.07) is 10.5. The second kappa shape index (κ2) is 15.3. The van der Waals surface area contributed by atoms with Crippen LogP contribution < -0.4 is 10.2 Å².